The Labute approximate surface area is 77.6 Å². The smallest absolute Gasteiger partial charge is 0.233 e. The minimum Gasteiger partial charge on any atom is -0.251 e. The molecule has 0 aliphatic carbocycles. The topological polar surface area (TPSA) is 21.7 Å². The van der Waals surface area contributed by atoms with E-state index in [2.05, 4.69) is 25.9 Å². The zero-order valence-electron chi connectivity index (χ0n) is 6.03. The van der Waals surface area contributed by atoms with Gasteiger partial charge in [0, 0.05) is 10.7 Å². The van der Waals surface area contributed by atoms with Crippen LogP contribution >= 0.6 is 15.9 Å². The second-order valence-corrected chi connectivity index (χ2v) is 3.15. The van der Waals surface area contributed by atoms with Crippen LogP contribution in [0.2, 0.25) is 0 Å². The lowest BCUT2D eigenvalue weighted by Crippen LogP contribution is -1.84. The lowest BCUT2D eigenvalue weighted by Gasteiger charge is -1.94. The predicted molar refractivity (Wildman–Crippen MR) is 49.2 cm³/mol. The molecule has 2 heterocycles. The SMILES string of the molecule is [C-]#[N+]c1cnn2cccc(Br)c12. The maximum Gasteiger partial charge on any atom is 0.233 e. The molecule has 0 spiro atoms. The van der Waals surface area contributed by atoms with Gasteiger partial charge in [-0.2, -0.15) is 5.10 Å². The van der Waals surface area contributed by atoms with Crippen LogP contribution in [0.15, 0.2) is 29.0 Å². The Hall–Kier alpha value is -1.34. The second-order valence-electron chi connectivity index (χ2n) is 2.29. The molecule has 0 N–H and O–H groups in total. The van der Waals surface area contributed by atoms with Gasteiger partial charge in [0.05, 0.1) is 18.3 Å². The molecule has 0 atom stereocenters. The highest BCUT2D eigenvalue weighted by Crippen LogP contribution is 2.26. The average molecular weight is 222 g/mol. The first-order valence-corrected chi connectivity index (χ1v) is 4.11. The van der Waals surface area contributed by atoms with Crippen LogP contribution in [0.25, 0.3) is 10.4 Å². The van der Waals surface area contributed by atoms with Crippen molar-refractivity contribution in [3.8, 4) is 0 Å². The number of hydrogen-bond acceptors (Lipinski definition) is 1. The van der Waals surface area contributed by atoms with E-state index in [1.807, 2.05) is 18.3 Å². The van der Waals surface area contributed by atoms with Gasteiger partial charge in [0.2, 0.25) is 5.69 Å². The number of nitrogens with zero attached hydrogens (tertiary/aromatic N) is 3. The van der Waals surface area contributed by atoms with Gasteiger partial charge >= 0.3 is 0 Å². The first kappa shape index (κ1) is 7.32. The molecule has 58 valence electrons. The molecule has 3 nitrogen and oxygen atoms in total. The summed E-state index contributed by atoms with van der Waals surface area (Å²) >= 11 is 3.36. The van der Waals surface area contributed by atoms with E-state index in [-0.39, 0.29) is 0 Å². The minimum atomic E-state index is 0.572. The molecule has 0 radical (unpaired) electrons. The van der Waals surface area contributed by atoms with Crippen molar-refractivity contribution in [3.05, 3.63) is 40.4 Å². The Balaban J connectivity index is 2.95. The molecular formula is C8H4BrN3. The third kappa shape index (κ3) is 0.908. The van der Waals surface area contributed by atoms with Crippen LogP contribution < -0.4 is 0 Å². The van der Waals surface area contributed by atoms with Gasteiger partial charge in [0.1, 0.15) is 0 Å². The van der Waals surface area contributed by atoms with Crippen LogP contribution in [0.5, 0.6) is 0 Å². The van der Waals surface area contributed by atoms with Gasteiger partial charge in [-0.05, 0) is 28.1 Å². The summed E-state index contributed by atoms with van der Waals surface area (Å²) in [6, 6.07) is 3.77. The van der Waals surface area contributed by atoms with Crippen molar-refractivity contribution in [1.82, 2.24) is 9.61 Å². The molecular weight excluding hydrogens is 218 g/mol. The van der Waals surface area contributed by atoms with E-state index in [4.69, 9.17) is 6.57 Å². The summed E-state index contributed by atoms with van der Waals surface area (Å²) in [6.45, 7) is 6.89. The number of pyridine rings is 1. The fourth-order valence-corrected chi connectivity index (χ4v) is 1.61. The van der Waals surface area contributed by atoms with Gasteiger partial charge in [-0.1, -0.05) is 0 Å². The lowest BCUT2D eigenvalue weighted by molar-refractivity contribution is 0.958. The highest BCUT2D eigenvalue weighted by Gasteiger charge is 2.05. The van der Waals surface area contributed by atoms with Crippen LogP contribution in [-0.4, -0.2) is 9.61 Å². The van der Waals surface area contributed by atoms with Gasteiger partial charge in [0.15, 0.2) is 0 Å². The molecule has 12 heavy (non-hydrogen) atoms. The second kappa shape index (κ2) is 2.61. The molecule has 0 saturated carbocycles. The quantitative estimate of drug-likeness (QED) is 0.628. The molecule has 0 unspecified atom stereocenters. The van der Waals surface area contributed by atoms with E-state index in [9.17, 15) is 0 Å². The van der Waals surface area contributed by atoms with Crippen LogP contribution in [0.4, 0.5) is 5.69 Å². The molecule has 0 fully saturated rings. The highest BCUT2D eigenvalue weighted by atomic mass is 79.9. The standard InChI is InChI=1S/C8H4BrN3/c1-10-7-5-11-12-4-2-3-6(9)8(7)12/h2-5H. The van der Waals surface area contributed by atoms with Crippen molar-refractivity contribution >= 4 is 27.1 Å². The van der Waals surface area contributed by atoms with Crippen LogP contribution in [0.1, 0.15) is 0 Å². The van der Waals surface area contributed by atoms with E-state index in [0.717, 1.165) is 9.99 Å². The van der Waals surface area contributed by atoms with Crippen molar-refractivity contribution in [3.63, 3.8) is 0 Å². The summed E-state index contributed by atoms with van der Waals surface area (Å²) in [5, 5.41) is 4.02. The Kier molecular flexibility index (Phi) is 1.59. The molecule has 0 bridgehead atoms. The maximum atomic E-state index is 6.89. The third-order valence-corrected chi connectivity index (χ3v) is 2.23. The van der Waals surface area contributed by atoms with Crippen LogP contribution in [0, 0.1) is 6.57 Å². The minimum absolute atomic E-state index is 0.572. The fourth-order valence-electron chi connectivity index (χ4n) is 1.07. The summed E-state index contributed by atoms with van der Waals surface area (Å²) in [5.74, 6) is 0. The zero-order chi connectivity index (χ0) is 8.55. The third-order valence-electron chi connectivity index (χ3n) is 1.59. The van der Waals surface area contributed by atoms with Gasteiger partial charge in [-0.15, -0.1) is 0 Å². The molecule has 2 aromatic rings. The molecule has 0 aliphatic rings. The summed E-state index contributed by atoms with van der Waals surface area (Å²) in [5.41, 5.74) is 1.40. The van der Waals surface area contributed by atoms with E-state index in [0.29, 0.717) is 5.69 Å². The van der Waals surface area contributed by atoms with Gasteiger partial charge in [-0.25, -0.2) is 4.85 Å². The summed E-state index contributed by atoms with van der Waals surface area (Å²) in [7, 11) is 0. The predicted octanol–water partition coefficient (Wildman–Crippen LogP) is 2.65. The first-order valence-electron chi connectivity index (χ1n) is 3.32. The lowest BCUT2D eigenvalue weighted by atomic mass is 10.4. The van der Waals surface area contributed by atoms with Gasteiger partial charge in [-0.3, -0.25) is 4.52 Å². The highest BCUT2D eigenvalue weighted by molar-refractivity contribution is 9.10. The molecule has 2 rings (SSSR count). The van der Waals surface area contributed by atoms with Crippen molar-refractivity contribution in [1.29, 1.82) is 0 Å². The van der Waals surface area contributed by atoms with Crippen molar-refractivity contribution in [2.24, 2.45) is 0 Å². The maximum absolute atomic E-state index is 6.89. The Morgan fingerprint density at radius 3 is 3.17 bits per heavy atom. The number of fused-ring (bicyclic) bond motifs is 1. The van der Waals surface area contributed by atoms with Crippen molar-refractivity contribution in [2.45, 2.75) is 0 Å². The Morgan fingerprint density at radius 1 is 1.58 bits per heavy atom. The number of hydrogen-bond donors (Lipinski definition) is 0. The molecule has 4 heteroatoms. The molecule has 2 aromatic heterocycles. The number of rotatable bonds is 0. The van der Waals surface area contributed by atoms with E-state index >= 15 is 0 Å². The summed E-state index contributed by atoms with van der Waals surface area (Å²) < 4.78 is 2.57. The monoisotopic (exact) mass is 221 g/mol. The molecule has 0 aromatic carbocycles. The fraction of sp³-hybridized carbons (Fsp3) is 0. The normalized spacial score (nSPS) is 10.0. The largest absolute Gasteiger partial charge is 0.251 e. The van der Waals surface area contributed by atoms with Crippen molar-refractivity contribution in [2.75, 3.05) is 0 Å². The Bertz CT molecular complexity index is 467. The first-order chi connectivity index (χ1) is 5.83. The summed E-state index contributed by atoms with van der Waals surface area (Å²) in [4.78, 5) is 3.36. The molecule has 0 saturated heterocycles. The van der Waals surface area contributed by atoms with Crippen LogP contribution in [0.3, 0.4) is 0 Å². The van der Waals surface area contributed by atoms with E-state index < -0.39 is 0 Å². The van der Waals surface area contributed by atoms with Gasteiger partial charge < -0.3 is 0 Å². The number of aromatic nitrogens is 2. The zero-order valence-corrected chi connectivity index (χ0v) is 7.62. The van der Waals surface area contributed by atoms with Crippen LogP contribution in [-0.2, 0) is 0 Å². The average Bonchev–Trinajstić information content (AvgIpc) is 2.49. The molecule has 0 amide bonds. The Morgan fingerprint density at radius 2 is 2.42 bits per heavy atom. The van der Waals surface area contributed by atoms with E-state index in [1.165, 1.54) is 0 Å². The number of halogens is 1. The van der Waals surface area contributed by atoms with Gasteiger partial charge in [0.25, 0.3) is 0 Å². The molecule has 0 aliphatic heterocycles. The summed E-state index contributed by atoms with van der Waals surface area (Å²) in [6.07, 6.45) is 3.38. The van der Waals surface area contributed by atoms with Crippen molar-refractivity contribution < 1.29 is 0 Å². The van der Waals surface area contributed by atoms with E-state index in [1.54, 1.807) is 10.7 Å².